The van der Waals surface area contributed by atoms with Gasteiger partial charge < -0.3 is 15.2 Å². The minimum absolute atomic E-state index is 0.00723. The molecule has 1 saturated carbocycles. The van der Waals surface area contributed by atoms with Gasteiger partial charge in [0.05, 0.1) is 18.2 Å². The number of nitrogens with one attached hydrogen (secondary N) is 1. The number of aliphatic hydroxyl groups excluding tert-OH is 1. The van der Waals surface area contributed by atoms with Crippen LogP contribution in [0.2, 0.25) is 0 Å². The number of carbonyl (C=O) groups is 1. The third-order valence-electron chi connectivity index (χ3n) is 3.98. The summed E-state index contributed by atoms with van der Waals surface area (Å²) in [6.45, 7) is 3.94. The van der Waals surface area contributed by atoms with E-state index in [9.17, 15) is 9.90 Å². The molecule has 0 aromatic heterocycles. The zero-order chi connectivity index (χ0) is 15.3. The normalized spacial score (nSPS) is 17.5. The van der Waals surface area contributed by atoms with Gasteiger partial charge in [-0.1, -0.05) is 19.3 Å². The Bertz CT molecular complexity index is 461. The largest absolute Gasteiger partial charge is 0.491 e. The van der Waals surface area contributed by atoms with Crippen LogP contribution in [-0.2, 0) is 0 Å². The van der Waals surface area contributed by atoms with Gasteiger partial charge in [-0.2, -0.15) is 0 Å². The Balaban J connectivity index is 2.02. The number of amides is 1. The number of aliphatic hydroxyl groups is 1. The summed E-state index contributed by atoms with van der Waals surface area (Å²) in [5.74, 6) is 0.637. The lowest BCUT2D eigenvalue weighted by Gasteiger charge is -2.36. The number of hydrogen-bond acceptors (Lipinski definition) is 3. The van der Waals surface area contributed by atoms with Crippen LogP contribution in [0.5, 0.6) is 5.75 Å². The van der Waals surface area contributed by atoms with E-state index in [0.717, 1.165) is 31.4 Å². The maximum Gasteiger partial charge on any atom is 0.251 e. The highest BCUT2D eigenvalue weighted by molar-refractivity contribution is 5.94. The fourth-order valence-electron chi connectivity index (χ4n) is 2.82. The zero-order valence-electron chi connectivity index (χ0n) is 12.9. The molecule has 0 heterocycles. The van der Waals surface area contributed by atoms with E-state index in [1.807, 2.05) is 13.8 Å². The second-order valence-electron chi connectivity index (χ2n) is 6.14. The molecule has 0 spiro atoms. The molecule has 2 N–H and O–H groups in total. The van der Waals surface area contributed by atoms with Gasteiger partial charge in [-0.05, 0) is 51.0 Å². The van der Waals surface area contributed by atoms with Crippen LogP contribution in [-0.4, -0.2) is 29.3 Å². The lowest BCUT2D eigenvalue weighted by molar-refractivity contribution is 0.0758. The van der Waals surface area contributed by atoms with Gasteiger partial charge in [0.2, 0.25) is 0 Å². The minimum Gasteiger partial charge on any atom is -0.491 e. The zero-order valence-corrected chi connectivity index (χ0v) is 12.9. The van der Waals surface area contributed by atoms with Crippen LogP contribution in [0.15, 0.2) is 24.3 Å². The molecule has 1 aromatic rings. The average Bonchev–Trinajstić information content (AvgIpc) is 2.48. The Kier molecular flexibility index (Phi) is 5.23. The van der Waals surface area contributed by atoms with Crippen molar-refractivity contribution in [3.05, 3.63) is 29.8 Å². The van der Waals surface area contributed by atoms with E-state index in [1.165, 1.54) is 6.42 Å². The van der Waals surface area contributed by atoms with E-state index >= 15 is 0 Å². The van der Waals surface area contributed by atoms with Crippen molar-refractivity contribution in [3.63, 3.8) is 0 Å². The Morgan fingerprint density at radius 1 is 1.24 bits per heavy atom. The average molecular weight is 291 g/mol. The number of ether oxygens (including phenoxy) is 1. The highest BCUT2D eigenvalue weighted by Crippen LogP contribution is 2.28. The molecule has 1 aliphatic rings. The van der Waals surface area contributed by atoms with Crippen LogP contribution in [0.25, 0.3) is 0 Å². The van der Waals surface area contributed by atoms with Gasteiger partial charge in [-0.15, -0.1) is 0 Å². The Morgan fingerprint density at radius 2 is 1.86 bits per heavy atom. The maximum absolute atomic E-state index is 12.3. The fourth-order valence-corrected chi connectivity index (χ4v) is 2.82. The predicted molar refractivity (Wildman–Crippen MR) is 82.6 cm³/mol. The van der Waals surface area contributed by atoms with Crippen molar-refractivity contribution in [1.29, 1.82) is 0 Å². The molecule has 0 unspecified atom stereocenters. The van der Waals surface area contributed by atoms with E-state index in [0.29, 0.717) is 5.56 Å². The van der Waals surface area contributed by atoms with Crippen molar-refractivity contribution in [3.8, 4) is 5.75 Å². The van der Waals surface area contributed by atoms with Crippen LogP contribution in [0.3, 0.4) is 0 Å². The Hall–Kier alpha value is -1.55. The fraction of sp³-hybridized carbons (Fsp3) is 0.588. The van der Waals surface area contributed by atoms with Crippen molar-refractivity contribution in [2.24, 2.45) is 0 Å². The molecule has 1 aliphatic carbocycles. The SMILES string of the molecule is CC(C)Oc1ccc(C(=O)NC2(CO)CCCCC2)cc1. The first-order valence-corrected chi connectivity index (χ1v) is 7.75. The van der Waals surface area contributed by atoms with Crippen LogP contribution in [0, 0.1) is 0 Å². The van der Waals surface area contributed by atoms with Gasteiger partial charge in [-0.25, -0.2) is 0 Å². The van der Waals surface area contributed by atoms with Gasteiger partial charge >= 0.3 is 0 Å². The molecule has 1 amide bonds. The van der Waals surface area contributed by atoms with Gasteiger partial charge in [0, 0.05) is 5.56 Å². The molecule has 116 valence electrons. The smallest absolute Gasteiger partial charge is 0.251 e. The van der Waals surface area contributed by atoms with Crippen LogP contribution in [0.4, 0.5) is 0 Å². The first-order chi connectivity index (χ1) is 10.0. The molecule has 2 rings (SSSR count). The minimum atomic E-state index is -0.442. The Labute approximate surface area is 126 Å². The summed E-state index contributed by atoms with van der Waals surface area (Å²) >= 11 is 0. The molecule has 0 radical (unpaired) electrons. The topological polar surface area (TPSA) is 58.6 Å². The van der Waals surface area contributed by atoms with Gasteiger partial charge in [0.15, 0.2) is 0 Å². The third kappa shape index (κ3) is 4.21. The first kappa shape index (κ1) is 15.8. The molecule has 0 aliphatic heterocycles. The Morgan fingerprint density at radius 3 is 2.38 bits per heavy atom. The van der Waals surface area contributed by atoms with Gasteiger partial charge in [0.25, 0.3) is 5.91 Å². The molecule has 0 atom stereocenters. The monoisotopic (exact) mass is 291 g/mol. The van der Waals surface area contributed by atoms with Crippen molar-refractivity contribution in [1.82, 2.24) is 5.32 Å². The number of hydrogen-bond donors (Lipinski definition) is 2. The maximum atomic E-state index is 12.3. The first-order valence-electron chi connectivity index (χ1n) is 7.75. The molecule has 4 nitrogen and oxygen atoms in total. The number of rotatable bonds is 5. The van der Waals surface area contributed by atoms with Crippen molar-refractivity contribution in [2.75, 3.05) is 6.61 Å². The molecule has 1 fully saturated rings. The quantitative estimate of drug-likeness (QED) is 0.877. The van der Waals surface area contributed by atoms with Crippen LogP contribution >= 0.6 is 0 Å². The predicted octanol–water partition coefficient (Wildman–Crippen LogP) is 2.90. The molecule has 4 heteroatoms. The van der Waals surface area contributed by atoms with E-state index in [-0.39, 0.29) is 18.6 Å². The molecular weight excluding hydrogens is 266 g/mol. The lowest BCUT2D eigenvalue weighted by Crippen LogP contribution is -2.52. The van der Waals surface area contributed by atoms with E-state index < -0.39 is 5.54 Å². The summed E-state index contributed by atoms with van der Waals surface area (Å²) in [6.07, 6.45) is 5.11. The second-order valence-corrected chi connectivity index (χ2v) is 6.14. The standard InChI is InChI=1S/C17H25NO3/c1-13(2)21-15-8-6-14(7-9-15)16(20)18-17(12-19)10-4-3-5-11-17/h6-9,13,19H,3-5,10-12H2,1-2H3,(H,18,20). The summed E-state index contributed by atoms with van der Waals surface area (Å²) in [5, 5.41) is 12.7. The van der Waals surface area contributed by atoms with E-state index in [2.05, 4.69) is 5.32 Å². The summed E-state index contributed by atoms with van der Waals surface area (Å²) in [4.78, 5) is 12.3. The highest BCUT2D eigenvalue weighted by atomic mass is 16.5. The number of benzene rings is 1. The number of carbonyl (C=O) groups excluding carboxylic acids is 1. The highest BCUT2D eigenvalue weighted by Gasteiger charge is 2.33. The van der Waals surface area contributed by atoms with Crippen molar-refractivity contribution >= 4 is 5.91 Å². The van der Waals surface area contributed by atoms with Crippen LogP contribution < -0.4 is 10.1 Å². The summed E-state index contributed by atoms with van der Waals surface area (Å²) < 4.78 is 5.57. The van der Waals surface area contributed by atoms with Crippen molar-refractivity contribution in [2.45, 2.75) is 57.6 Å². The molecular formula is C17H25NO3. The molecule has 21 heavy (non-hydrogen) atoms. The van der Waals surface area contributed by atoms with Gasteiger partial charge in [-0.3, -0.25) is 4.79 Å². The lowest BCUT2D eigenvalue weighted by atomic mass is 9.82. The summed E-state index contributed by atoms with van der Waals surface area (Å²) in [7, 11) is 0. The van der Waals surface area contributed by atoms with Gasteiger partial charge in [0.1, 0.15) is 5.75 Å². The van der Waals surface area contributed by atoms with Crippen LogP contribution in [0.1, 0.15) is 56.3 Å². The molecule has 0 saturated heterocycles. The second kappa shape index (κ2) is 6.94. The van der Waals surface area contributed by atoms with E-state index in [1.54, 1.807) is 24.3 Å². The summed E-state index contributed by atoms with van der Waals surface area (Å²) in [6, 6.07) is 7.14. The molecule has 1 aromatic carbocycles. The molecule has 0 bridgehead atoms. The van der Waals surface area contributed by atoms with E-state index in [4.69, 9.17) is 4.74 Å². The van der Waals surface area contributed by atoms with Crippen molar-refractivity contribution < 1.29 is 14.6 Å². The third-order valence-corrected chi connectivity index (χ3v) is 3.98. The summed E-state index contributed by atoms with van der Waals surface area (Å²) in [5.41, 5.74) is 0.159.